The lowest BCUT2D eigenvalue weighted by atomic mass is 10.0. The summed E-state index contributed by atoms with van der Waals surface area (Å²) in [6.07, 6.45) is 0. The molecule has 0 saturated carbocycles. The molecule has 0 radical (unpaired) electrons. The molecule has 2 aromatic carbocycles. The molecule has 0 aliphatic carbocycles. The van der Waals surface area contributed by atoms with Gasteiger partial charge in [0, 0.05) is 24.0 Å². The van der Waals surface area contributed by atoms with Crippen molar-refractivity contribution in [2.45, 2.75) is 43.2 Å². The topological polar surface area (TPSA) is 96.0 Å². The second kappa shape index (κ2) is 10.4. The number of carbonyl (C=O) groups excluding carboxylic acids is 2. The van der Waals surface area contributed by atoms with Crippen LogP contribution >= 0.6 is 23.1 Å². The second-order valence-corrected chi connectivity index (χ2v) is 9.85. The normalized spacial score (nSPS) is 11.8. The summed E-state index contributed by atoms with van der Waals surface area (Å²) in [5, 5.41) is 17.5. The molecule has 3 N–H and O–H groups in total. The third kappa shape index (κ3) is 6.80. The molecule has 1 unspecified atom stereocenters. The lowest BCUT2D eigenvalue weighted by molar-refractivity contribution is -0.115. The van der Waals surface area contributed by atoms with Crippen LogP contribution in [0.2, 0.25) is 0 Å². The zero-order valence-corrected chi connectivity index (χ0v) is 19.4. The van der Waals surface area contributed by atoms with E-state index in [1.807, 2.05) is 19.1 Å². The van der Waals surface area contributed by atoms with Gasteiger partial charge >= 0.3 is 0 Å². The number of nitrogens with one attached hydrogen (secondary N) is 3. The third-order valence-electron chi connectivity index (χ3n) is 4.35. The Hall–Kier alpha value is -2.91. The standard InChI is InChI=1S/C22H25N5O2S2/c1-13(2)16-5-7-19(8-6-16)25-21-26-27-22(31-21)30-14(3)20(29)24-18-11-9-17(10-12-18)23-15(4)28/h5-14H,1-4H3,(H,23,28)(H,24,29)(H,25,26). The number of benzene rings is 2. The summed E-state index contributed by atoms with van der Waals surface area (Å²) >= 11 is 2.76. The molecule has 162 valence electrons. The van der Waals surface area contributed by atoms with E-state index in [1.54, 1.807) is 24.3 Å². The van der Waals surface area contributed by atoms with Crippen LogP contribution in [-0.4, -0.2) is 27.3 Å². The molecule has 7 nitrogen and oxygen atoms in total. The number of thioether (sulfide) groups is 1. The minimum atomic E-state index is -0.346. The van der Waals surface area contributed by atoms with E-state index in [2.05, 4.69) is 52.1 Å². The number of aromatic nitrogens is 2. The van der Waals surface area contributed by atoms with Crippen LogP contribution in [0.4, 0.5) is 22.2 Å². The van der Waals surface area contributed by atoms with Crippen LogP contribution in [0.5, 0.6) is 0 Å². The molecule has 0 fully saturated rings. The second-order valence-electron chi connectivity index (χ2n) is 7.28. The molecule has 1 heterocycles. The van der Waals surface area contributed by atoms with Crippen molar-refractivity contribution in [3.63, 3.8) is 0 Å². The predicted molar refractivity (Wildman–Crippen MR) is 128 cm³/mol. The van der Waals surface area contributed by atoms with Crippen molar-refractivity contribution in [1.29, 1.82) is 0 Å². The minimum Gasteiger partial charge on any atom is -0.330 e. The van der Waals surface area contributed by atoms with E-state index in [0.717, 1.165) is 5.69 Å². The molecule has 0 bridgehead atoms. The molecule has 0 spiro atoms. The van der Waals surface area contributed by atoms with Gasteiger partial charge in [-0.15, -0.1) is 10.2 Å². The highest BCUT2D eigenvalue weighted by Gasteiger charge is 2.17. The van der Waals surface area contributed by atoms with Gasteiger partial charge in [-0.1, -0.05) is 49.1 Å². The van der Waals surface area contributed by atoms with Gasteiger partial charge < -0.3 is 16.0 Å². The Bertz CT molecular complexity index is 1030. The van der Waals surface area contributed by atoms with E-state index in [4.69, 9.17) is 0 Å². The largest absolute Gasteiger partial charge is 0.330 e. The number of amides is 2. The third-order valence-corrected chi connectivity index (χ3v) is 6.38. The molecule has 3 rings (SSSR count). The van der Waals surface area contributed by atoms with Crippen LogP contribution in [0.3, 0.4) is 0 Å². The van der Waals surface area contributed by atoms with Gasteiger partial charge in [-0.3, -0.25) is 9.59 Å². The first-order valence-electron chi connectivity index (χ1n) is 9.86. The molecule has 3 aromatic rings. The summed E-state index contributed by atoms with van der Waals surface area (Å²) in [4.78, 5) is 23.6. The molecule has 2 amide bonds. The molecule has 0 saturated heterocycles. The highest BCUT2D eigenvalue weighted by Crippen LogP contribution is 2.31. The Balaban J connectivity index is 1.53. The van der Waals surface area contributed by atoms with E-state index in [-0.39, 0.29) is 17.1 Å². The fourth-order valence-electron chi connectivity index (χ4n) is 2.67. The smallest absolute Gasteiger partial charge is 0.237 e. The molecular formula is C22H25N5O2S2. The van der Waals surface area contributed by atoms with Crippen molar-refractivity contribution in [2.24, 2.45) is 0 Å². The number of anilines is 4. The number of hydrogen-bond acceptors (Lipinski definition) is 7. The summed E-state index contributed by atoms with van der Waals surface area (Å²) in [5.74, 6) is 0.216. The molecule has 0 aliphatic heterocycles. The van der Waals surface area contributed by atoms with Gasteiger partial charge in [0.05, 0.1) is 5.25 Å². The molecule has 0 aliphatic rings. The summed E-state index contributed by atoms with van der Waals surface area (Å²) in [5.41, 5.74) is 3.57. The van der Waals surface area contributed by atoms with Gasteiger partial charge in [0.1, 0.15) is 0 Å². The van der Waals surface area contributed by atoms with Gasteiger partial charge in [0.2, 0.25) is 16.9 Å². The van der Waals surface area contributed by atoms with Gasteiger partial charge in [-0.2, -0.15) is 0 Å². The molecule has 1 atom stereocenters. The maximum absolute atomic E-state index is 12.5. The van der Waals surface area contributed by atoms with Crippen molar-refractivity contribution >= 4 is 57.1 Å². The summed E-state index contributed by atoms with van der Waals surface area (Å²) in [6.45, 7) is 7.60. The highest BCUT2D eigenvalue weighted by atomic mass is 32.2. The van der Waals surface area contributed by atoms with Crippen molar-refractivity contribution in [3.8, 4) is 0 Å². The predicted octanol–water partition coefficient (Wildman–Crippen LogP) is 5.48. The lowest BCUT2D eigenvalue weighted by Gasteiger charge is -2.11. The average Bonchev–Trinajstić information content (AvgIpc) is 3.16. The average molecular weight is 456 g/mol. The van der Waals surface area contributed by atoms with Crippen LogP contribution in [-0.2, 0) is 9.59 Å². The molecule has 1 aromatic heterocycles. The highest BCUT2D eigenvalue weighted by molar-refractivity contribution is 8.02. The Morgan fingerprint density at radius 2 is 1.45 bits per heavy atom. The van der Waals surface area contributed by atoms with Gasteiger partial charge in [-0.25, -0.2) is 0 Å². The SMILES string of the molecule is CC(=O)Nc1ccc(NC(=O)C(C)Sc2nnc(Nc3ccc(C(C)C)cc3)s2)cc1. The Morgan fingerprint density at radius 3 is 2.03 bits per heavy atom. The van der Waals surface area contributed by atoms with E-state index in [0.29, 0.717) is 26.8 Å². The monoisotopic (exact) mass is 455 g/mol. The fourth-order valence-corrected chi connectivity index (χ4v) is 4.59. The van der Waals surface area contributed by atoms with E-state index in [9.17, 15) is 9.59 Å². The van der Waals surface area contributed by atoms with E-state index >= 15 is 0 Å². The van der Waals surface area contributed by atoms with E-state index in [1.165, 1.54) is 35.6 Å². The first-order chi connectivity index (χ1) is 14.8. The Labute approximate surface area is 190 Å². The molecule has 31 heavy (non-hydrogen) atoms. The zero-order chi connectivity index (χ0) is 22.4. The quantitative estimate of drug-likeness (QED) is 0.389. The molecular weight excluding hydrogens is 430 g/mol. The zero-order valence-electron chi connectivity index (χ0n) is 17.8. The Kier molecular flexibility index (Phi) is 7.64. The first-order valence-corrected chi connectivity index (χ1v) is 11.6. The van der Waals surface area contributed by atoms with Gasteiger partial charge in [0.15, 0.2) is 4.34 Å². The van der Waals surface area contributed by atoms with Crippen LogP contribution in [0.15, 0.2) is 52.9 Å². The van der Waals surface area contributed by atoms with Gasteiger partial charge in [-0.05, 0) is 54.8 Å². The minimum absolute atomic E-state index is 0.133. The first kappa shape index (κ1) is 22.8. The fraction of sp³-hybridized carbons (Fsp3) is 0.273. The van der Waals surface area contributed by atoms with Crippen LogP contribution < -0.4 is 16.0 Å². The maximum atomic E-state index is 12.5. The van der Waals surface area contributed by atoms with Crippen molar-refractivity contribution < 1.29 is 9.59 Å². The van der Waals surface area contributed by atoms with Crippen molar-refractivity contribution in [3.05, 3.63) is 54.1 Å². The number of rotatable bonds is 8. The van der Waals surface area contributed by atoms with Crippen LogP contribution in [0, 0.1) is 0 Å². The molecule has 9 heteroatoms. The lowest BCUT2D eigenvalue weighted by Crippen LogP contribution is -2.22. The van der Waals surface area contributed by atoms with Crippen LogP contribution in [0.1, 0.15) is 39.2 Å². The van der Waals surface area contributed by atoms with Crippen molar-refractivity contribution in [1.82, 2.24) is 10.2 Å². The summed E-state index contributed by atoms with van der Waals surface area (Å²) in [7, 11) is 0. The maximum Gasteiger partial charge on any atom is 0.237 e. The Morgan fingerprint density at radius 1 is 0.871 bits per heavy atom. The van der Waals surface area contributed by atoms with Crippen molar-refractivity contribution in [2.75, 3.05) is 16.0 Å². The number of carbonyl (C=O) groups is 2. The number of hydrogen-bond donors (Lipinski definition) is 3. The van der Waals surface area contributed by atoms with E-state index < -0.39 is 0 Å². The summed E-state index contributed by atoms with van der Waals surface area (Å²) in [6, 6.07) is 15.2. The van der Waals surface area contributed by atoms with Crippen LogP contribution in [0.25, 0.3) is 0 Å². The van der Waals surface area contributed by atoms with Gasteiger partial charge in [0.25, 0.3) is 0 Å². The summed E-state index contributed by atoms with van der Waals surface area (Å²) < 4.78 is 0.713. The number of nitrogens with zero attached hydrogens (tertiary/aromatic N) is 2.